The van der Waals surface area contributed by atoms with Gasteiger partial charge in [0.25, 0.3) is 5.91 Å². The molecule has 0 aliphatic heterocycles. The lowest BCUT2D eigenvalue weighted by molar-refractivity contribution is 0.0561. The Kier molecular flexibility index (Phi) is 4.57. The van der Waals surface area contributed by atoms with E-state index in [1.165, 1.54) is 12.3 Å². The monoisotopic (exact) mass is 351 g/mol. The maximum Gasteiger partial charge on any atom is 0.333 e. The fourth-order valence-corrected chi connectivity index (χ4v) is 2.27. The van der Waals surface area contributed by atoms with Crippen LogP contribution in [-0.4, -0.2) is 25.5 Å². The molecular formula is C15H12ClF2N5O. The van der Waals surface area contributed by atoms with E-state index in [1.807, 2.05) is 18.2 Å². The first-order valence-electron chi connectivity index (χ1n) is 6.93. The van der Waals surface area contributed by atoms with Crippen molar-refractivity contribution >= 4 is 23.2 Å². The summed E-state index contributed by atoms with van der Waals surface area (Å²) in [4.78, 5) is 12.0. The zero-order valence-corrected chi connectivity index (χ0v) is 13.0. The summed E-state index contributed by atoms with van der Waals surface area (Å²) in [6.45, 7) is -2.35. The number of carbonyl (C=O) groups excluding carboxylic acids is 1. The Morgan fingerprint density at radius 1 is 1.29 bits per heavy atom. The Labute approximate surface area is 140 Å². The van der Waals surface area contributed by atoms with Gasteiger partial charge in [-0.15, -0.1) is 0 Å². The van der Waals surface area contributed by atoms with Crippen molar-refractivity contribution in [2.24, 2.45) is 0 Å². The summed E-state index contributed by atoms with van der Waals surface area (Å²) in [6.07, 6.45) is 4.12. The van der Waals surface area contributed by atoms with Crippen molar-refractivity contribution in [3.63, 3.8) is 0 Å². The average Bonchev–Trinajstić information content (AvgIpc) is 3.19. The molecule has 0 bridgehead atoms. The van der Waals surface area contributed by atoms with Gasteiger partial charge in [0.1, 0.15) is 0 Å². The second-order valence-corrected chi connectivity index (χ2v) is 5.34. The van der Waals surface area contributed by atoms with Crippen LogP contribution in [0.3, 0.4) is 0 Å². The first kappa shape index (κ1) is 16.1. The predicted octanol–water partition coefficient (Wildman–Crippen LogP) is 3.43. The molecule has 0 unspecified atom stereocenters. The van der Waals surface area contributed by atoms with Crippen molar-refractivity contribution in [1.29, 1.82) is 0 Å². The molecule has 0 saturated carbocycles. The predicted molar refractivity (Wildman–Crippen MR) is 84.2 cm³/mol. The second kappa shape index (κ2) is 6.79. The summed E-state index contributed by atoms with van der Waals surface area (Å²) in [5.74, 6) is -0.591. The third-order valence-electron chi connectivity index (χ3n) is 3.22. The minimum Gasteiger partial charge on any atom is -0.318 e. The van der Waals surface area contributed by atoms with E-state index in [2.05, 4.69) is 15.5 Å². The Morgan fingerprint density at radius 3 is 2.79 bits per heavy atom. The van der Waals surface area contributed by atoms with Gasteiger partial charge in [0, 0.05) is 17.4 Å². The third kappa shape index (κ3) is 3.60. The Hall–Kier alpha value is -2.74. The molecule has 0 spiro atoms. The maximum atomic E-state index is 12.5. The van der Waals surface area contributed by atoms with E-state index >= 15 is 0 Å². The van der Waals surface area contributed by atoms with Crippen LogP contribution in [0.15, 0.2) is 48.9 Å². The summed E-state index contributed by atoms with van der Waals surface area (Å²) in [7, 11) is 0. The van der Waals surface area contributed by atoms with Gasteiger partial charge in [-0.3, -0.25) is 9.48 Å². The maximum absolute atomic E-state index is 12.5. The van der Waals surface area contributed by atoms with Crippen LogP contribution in [0, 0.1) is 0 Å². The Balaban J connectivity index is 1.67. The highest BCUT2D eigenvalue weighted by atomic mass is 35.5. The van der Waals surface area contributed by atoms with Crippen LogP contribution >= 0.6 is 11.6 Å². The molecule has 0 radical (unpaired) electrons. The van der Waals surface area contributed by atoms with Crippen molar-refractivity contribution < 1.29 is 13.6 Å². The molecule has 0 atom stereocenters. The van der Waals surface area contributed by atoms with Crippen LogP contribution in [0.2, 0.25) is 5.02 Å². The number of nitrogens with one attached hydrogen (secondary N) is 1. The fraction of sp³-hybridized carbons (Fsp3) is 0.133. The number of aromatic nitrogens is 4. The summed E-state index contributed by atoms with van der Waals surface area (Å²) >= 11 is 6.09. The first-order chi connectivity index (χ1) is 11.5. The van der Waals surface area contributed by atoms with Crippen LogP contribution in [0.5, 0.6) is 0 Å². The molecule has 0 aliphatic carbocycles. The molecule has 124 valence electrons. The van der Waals surface area contributed by atoms with Crippen molar-refractivity contribution in [1.82, 2.24) is 19.6 Å². The zero-order valence-electron chi connectivity index (χ0n) is 12.2. The van der Waals surface area contributed by atoms with Gasteiger partial charge >= 0.3 is 6.55 Å². The van der Waals surface area contributed by atoms with Gasteiger partial charge in [-0.1, -0.05) is 29.8 Å². The van der Waals surface area contributed by atoms with Crippen LogP contribution in [0.1, 0.15) is 22.6 Å². The number of amides is 1. The lowest BCUT2D eigenvalue weighted by atomic mass is 10.2. The highest BCUT2D eigenvalue weighted by Crippen LogP contribution is 2.17. The molecule has 0 aliphatic rings. The van der Waals surface area contributed by atoms with Gasteiger partial charge in [-0.2, -0.15) is 19.0 Å². The molecule has 6 nitrogen and oxygen atoms in total. The summed E-state index contributed by atoms with van der Waals surface area (Å²) in [5.41, 5.74) is 1.21. The molecular weight excluding hydrogens is 340 g/mol. The minimum atomic E-state index is -2.79. The van der Waals surface area contributed by atoms with E-state index < -0.39 is 12.5 Å². The van der Waals surface area contributed by atoms with Gasteiger partial charge in [0.05, 0.1) is 18.4 Å². The highest BCUT2D eigenvalue weighted by molar-refractivity contribution is 6.31. The largest absolute Gasteiger partial charge is 0.333 e. The Bertz CT molecular complexity index is 861. The van der Waals surface area contributed by atoms with Crippen LogP contribution < -0.4 is 5.32 Å². The van der Waals surface area contributed by atoms with E-state index in [0.29, 0.717) is 21.9 Å². The second-order valence-electron chi connectivity index (χ2n) is 4.93. The number of halogens is 3. The first-order valence-corrected chi connectivity index (χ1v) is 7.31. The standard InChI is InChI=1S/C15H12ClF2N5O/c16-12-4-2-1-3-10(12)8-22-9-11(7-19-22)20-14(24)13-5-6-23(21-13)15(17)18/h1-7,9,15H,8H2,(H,20,24). The summed E-state index contributed by atoms with van der Waals surface area (Å²) in [5, 5.41) is 10.8. The van der Waals surface area contributed by atoms with Gasteiger partial charge in [-0.25, -0.2) is 4.68 Å². The number of hydrogen-bond acceptors (Lipinski definition) is 3. The summed E-state index contributed by atoms with van der Waals surface area (Å²) < 4.78 is 26.9. The number of alkyl halides is 2. The lowest BCUT2D eigenvalue weighted by Crippen LogP contribution is -2.13. The number of anilines is 1. The van der Waals surface area contributed by atoms with Crippen molar-refractivity contribution in [3.05, 3.63) is 65.2 Å². The molecule has 1 amide bonds. The quantitative estimate of drug-likeness (QED) is 0.766. The molecule has 24 heavy (non-hydrogen) atoms. The number of carbonyl (C=O) groups is 1. The third-order valence-corrected chi connectivity index (χ3v) is 3.59. The lowest BCUT2D eigenvalue weighted by Gasteiger charge is -2.04. The summed E-state index contributed by atoms with van der Waals surface area (Å²) in [6, 6.07) is 8.57. The SMILES string of the molecule is O=C(Nc1cnn(Cc2ccccc2Cl)c1)c1ccn(C(F)F)n1. The molecule has 9 heteroatoms. The van der Waals surface area contributed by atoms with E-state index in [1.54, 1.807) is 16.9 Å². The van der Waals surface area contributed by atoms with E-state index in [9.17, 15) is 13.6 Å². The van der Waals surface area contributed by atoms with Crippen molar-refractivity contribution in [2.45, 2.75) is 13.1 Å². The minimum absolute atomic E-state index is 0.103. The van der Waals surface area contributed by atoms with Gasteiger partial charge in [0.15, 0.2) is 5.69 Å². The molecule has 2 aromatic heterocycles. The molecule has 2 heterocycles. The molecule has 1 N–H and O–H groups in total. The van der Waals surface area contributed by atoms with Crippen LogP contribution in [0.25, 0.3) is 0 Å². The van der Waals surface area contributed by atoms with E-state index in [0.717, 1.165) is 11.8 Å². The Morgan fingerprint density at radius 2 is 2.08 bits per heavy atom. The molecule has 3 aromatic rings. The molecule has 0 saturated heterocycles. The topological polar surface area (TPSA) is 64.7 Å². The number of nitrogens with zero attached hydrogens (tertiary/aromatic N) is 4. The molecule has 1 aromatic carbocycles. The molecule has 0 fully saturated rings. The van der Waals surface area contributed by atoms with Crippen molar-refractivity contribution in [2.75, 3.05) is 5.32 Å². The van der Waals surface area contributed by atoms with Crippen LogP contribution in [-0.2, 0) is 6.54 Å². The van der Waals surface area contributed by atoms with E-state index in [4.69, 9.17) is 11.6 Å². The molecule has 3 rings (SSSR count). The van der Waals surface area contributed by atoms with Crippen molar-refractivity contribution in [3.8, 4) is 0 Å². The fourth-order valence-electron chi connectivity index (χ4n) is 2.08. The smallest absolute Gasteiger partial charge is 0.318 e. The number of rotatable bonds is 5. The number of benzene rings is 1. The normalized spacial score (nSPS) is 11.0. The van der Waals surface area contributed by atoms with Gasteiger partial charge in [-0.05, 0) is 17.7 Å². The zero-order chi connectivity index (χ0) is 17.1. The number of hydrogen-bond donors (Lipinski definition) is 1. The van der Waals surface area contributed by atoms with Gasteiger partial charge in [0.2, 0.25) is 0 Å². The van der Waals surface area contributed by atoms with Crippen LogP contribution in [0.4, 0.5) is 14.5 Å². The highest BCUT2D eigenvalue weighted by Gasteiger charge is 2.14. The van der Waals surface area contributed by atoms with E-state index in [-0.39, 0.29) is 5.69 Å². The van der Waals surface area contributed by atoms with Gasteiger partial charge < -0.3 is 5.32 Å². The average molecular weight is 352 g/mol.